The average molecular weight is 359 g/mol. The highest BCUT2D eigenvalue weighted by Gasteiger charge is 2.14. The van der Waals surface area contributed by atoms with E-state index in [1.807, 2.05) is 56.1 Å². The van der Waals surface area contributed by atoms with Gasteiger partial charge in [-0.2, -0.15) is 0 Å². The second kappa shape index (κ2) is 9.23. The summed E-state index contributed by atoms with van der Waals surface area (Å²) in [6.45, 7) is 5.12. The van der Waals surface area contributed by atoms with E-state index < -0.39 is 5.97 Å². The van der Waals surface area contributed by atoms with Crippen LogP contribution in [-0.4, -0.2) is 37.4 Å². The van der Waals surface area contributed by atoms with Crippen molar-refractivity contribution in [2.45, 2.75) is 20.3 Å². The van der Waals surface area contributed by atoms with Gasteiger partial charge < -0.3 is 9.64 Å². The molecule has 0 aliphatic heterocycles. The van der Waals surface area contributed by atoms with Gasteiger partial charge in [0.25, 0.3) is 0 Å². The Bertz CT molecular complexity index is 745. The third kappa shape index (κ3) is 5.61. The summed E-state index contributed by atoms with van der Waals surface area (Å²) in [5.74, 6) is -0.412. The molecule has 2 aromatic rings. The van der Waals surface area contributed by atoms with Gasteiger partial charge >= 0.3 is 5.97 Å². The number of ether oxygens (including phenoxy) is 1. The summed E-state index contributed by atoms with van der Waals surface area (Å²) >= 11 is 6.25. The molecule has 0 heterocycles. The van der Waals surface area contributed by atoms with Crippen molar-refractivity contribution in [2.75, 3.05) is 20.2 Å². The molecule has 0 atom stereocenters. The lowest BCUT2D eigenvalue weighted by Crippen LogP contribution is -2.14. The molecule has 0 radical (unpaired) electrons. The van der Waals surface area contributed by atoms with Crippen molar-refractivity contribution >= 4 is 29.6 Å². The lowest BCUT2D eigenvalue weighted by Gasteiger charge is -2.11. The maximum Gasteiger partial charge on any atom is 0.339 e. The van der Waals surface area contributed by atoms with E-state index in [0.717, 1.165) is 23.4 Å². The van der Waals surface area contributed by atoms with Gasteiger partial charge in [-0.05, 0) is 37.1 Å². The molecule has 0 N–H and O–H groups in total. The van der Waals surface area contributed by atoms with Crippen LogP contribution in [0.1, 0.15) is 28.4 Å². The SMILES string of the molecule is CCN(C)/C=N/c1cc(Cl)c(C(=O)OCCc2ccccc2)cc1C. The van der Waals surface area contributed by atoms with E-state index in [9.17, 15) is 4.79 Å². The Morgan fingerprint density at radius 3 is 2.68 bits per heavy atom. The van der Waals surface area contributed by atoms with Crippen LogP contribution in [0.5, 0.6) is 0 Å². The number of hydrogen-bond donors (Lipinski definition) is 0. The van der Waals surface area contributed by atoms with Crippen molar-refractivity contribution in [3.8, 4) is 0 Å². The summed E-state index contributed by atoms with van der Waals surface area (Å²) in [4.78, 5) is 18.6. The number of benzene rings is 2. The lowest BCUT2D eigenvalue weighted by molar-refractivity contribution is 0.0509. The Morgan fingerprint density at radius 2 is 2.00 bits per heavy atom. The van der Waals surface area contributed by atoms with E-state index in [1.165, 1.54) is 0 Å². The molecule has 2 rings (SSSR count). The first-order valence-corrected chi connectivity index (χ1v) is 8.64. The van der Waals surface area contributed by atoms with Gasteiger partial charge in [-0.1, -0.05) is 41.9 Å². The number of nitrogens with zero attached hydrogens (tertiary/aromatic N) is 2. The van der Waals surface area contributed by atoms with Crippen molar-refractivity contribution in [2.24, 2.45) is 4.99 Å². The predicted octanol–water partition coefficient (Wildman–Crippen LogP) is 4.66. The molecule has 5 heteroatoms. The molecule has 0 fully saturated rings. The zero-order chi connectivity index (χ0) is 18.2. The first kappa shape index (κ1) is 19.0. The van der Waals surface area contributed by atoms with Crippen LogP contribution in [0.2, 0.25) is 5.02 Å². The number of esters is 1. The summed E-state index contributed by atoms with van der Waals surface area (Å²) in [6.07, 6.45) is 2.42. The Hall–Kier alpha value is -2.33. The number of aryl methyl sites for hydroxylation is 1. The monoisotopic (exact) mass is 358 g/mol. The fourth-order valence-electron chi connectivity index (χ4n) is 2.19. The van der Waals surface area contributed by atoms with Crippen molar-refractivity contribution in [1.29, 1.82) is 0 Å². The Morgan fingerprint density at radius 1 is 1.28 bits per heavy atom. The quantitative estimate of drug-likeness (QED) is 0.410. The summed E-state index contributed by atoms with van der Waals surface area (Å²) in [6, 6.07) is 13.3. The second-order valence-corrected chi connectivity index (χ2v) is 6.22. The van der Waals surface area contributed by atoms with Gasteiger partial charge in [-0.15, -0.1) is 0 Å². The number of halogens is 1. The normalized spacial score (nSPS) is 10.9. The molecule has 0 bridgehead atoms. The minimum atomic E-state index is -0.412. The zero-order valence-electron chi connectivity index (χ0n) is 14.8. The topological polar surface area (TPSA) is 41.9 Å². The number of carbonyl (C=O) groups excluding carboxylic acids is 1. The molecule has 2 aromatic carbocycles. The van der Waals surface area contributed by atoms with Gasteiger partial charge in [0.05, 0.1) is 29.2 Å². The molecule has 0 spiro atoms. The molecular formula is C20H23ClN2O2. The average Bonchev–Trinajstić information content (AvgIpc) is 2.62. The summed E-state index contributed by atoms with van der Waals surface area (Å²) < 4.78 is 5.35. The van der Waals surface area contributed by atoms with Crippen LogP contribution < -0.4 is 0 Å². The van der Waals surface area contributed by atoms with Gasteiger partial charge in [0.15, 0.2) is 0 Å². The molecular weight excluding hydrogens is 336 g/mol. The van der Waals surface area contributed by atoms with Crippen LogP contribution in [0.3, 0.4) is 0 Å². The first-order valence-electron chi connectivity index (χ1n) is 8.27. The van der Waals surface area contributed by atoms with Crippen LogP contribution in [-0.2, 0) is 11.2 Å². The molecule has 0 aromatic heterocycles. The number of hydrogen-bond acceptors (Lipinski definition) is 3. The molecule has 0 saturated heterocycles. The van der Waals surface area contributed by atoms with E-state index in [-0.39, 0.29) is 0 Å². The second-order valence-electron chi connectivity index (χ2n) is 5.81. The third-order valence-electron chi connectivity index (χ3n) is 3.86. The van der Waals surface area contributed by atoms with E-state index in [1.54, 1.807) is 18.5 Å². The predicted molar refractivity (Wildman–Crippen MR) is 103 cm³/mol. The minimum Gasteiger partial charge on any atom is -0.462 e. The highest BCUT2D eigenvalue weighted by molar-refractivity contribution is 6.33. The van der Waals surface area contributed by atoms with E-state index in [0.29, 0.717) is 23.6 Å². The van der Waals surface area contributed by atoms with E-state index >= 15 is 0 Å². The van der Waals surface area contributed by atoms with Gasteiger partial charge in [-0.25, -0.2) is 9.79 Å². The standard InChI is InChI=1S/C20H23ClN2O2/c1-4-23(3)14-22-19-13-18(21)17(12-15(19)2)20(24)25-11-10-16-8-6-5-7-9-16/h5-9,12-14H,4,10-11H2,1-3H3/b22-14+. The van der Waals surface area contributed by atoms with Crippen LogP contribution in [0, 0.1) is 6.92 Å². The fourth-order valence-corrected chi connectivity index (χ4v) is 2.43. The van der Waals surface area contributed by atoms with Crippen molar-refractivity contribution in [3.05, 3.63) is 64.2 Å². The third-order valence-corrected chi connectivity index (χ3v) is 4.18. The van der Waals surface area contributed by atoms with Crippen molar-refractivity contribution in [1.82, 2.24) is 4.90 Å². The molecule has 25 heavy (non-hydrogen) atoms. The Kier molecular flexibility index (Phi) is 7.02. The van der Waals surface area contributed by atoms with E-state index in [2.05, 4.69) is 4.99 Å². The fraction of sp³-hybridized carbons (Fsp3) is 0.300. The first-order chi connectivity index (χ1) is 12.0. The van der Waals surface area contributed by atoms with Crippen LogP contribution >= 0.6 is 11.6 Å². The van der Waals surface area contributed by atoms with Gasteiger partial charge in [-0.3, -0.25) is 0 Å². The minimum absolute atomic E-state index is 0.319. The highest BCUT2D eigenvalue weighted by atomic mass is 35.5. The number of aliphatic imine (C=N–C) groups is 1. The number of carbonyl (C=O) groups is 1. The molecule has 0 amide bonds. The lowest BCUT2D eigenvalue weighted by atomic mass is 10.1. The van der Waals surface area contributed by atoms with Gasteiger partial charge in [0, 0.05) is 20.0 Å². The maximum atomic E-state index is 12.3. The number of rotatable bonds is 7. The molecule has 132 valence electrons. The van der Waals surface area contributed by atoms with Gasteiger partial charge in [0.1, 0.15) is 0 Å². The smallest absolute Gasteiger partial charge is 0.339 e. The molecule has 0 aliphatic rings. The zero-order valence-corrected chi connectivity index (χ0v) is 15.6. The molecule has 0 aliphatic carbocycles. The van der Waals surface area contributed by atoms with E-state index in [4.69, 9.17) is 16.3 Å². The van der Waals surface area contributed by atoms with Crippen LogP contribution in [0.25, 0.3) is 0 Å². The van der Waals surface area contributed by atoms with Crippen LogP contribution in [0.15, 0.2) is 47.5 Å². The largest absolute Gasteiger partial charge is 0.462 e. The van der Waals surface area contributed by atoms with Gasteiger partial charge in [0.2, 0.25) is 0 Å². The van der Waals surface area contributed by atoms with Crippen LogP contribution in [0.4, 0.5) is 5.69 Å². The molecule has 4 nitrogen and oxygen atoms in total. The Balaban J connectivity index is 2.02. The summed E-state index contributed by atoms with van der Waals surface area (Å²) in [5.41, 5.74) is 3.11. The maximum absolute atomic E-state index is 12.3. The highest BCUT2D eigenvalue weighted by Crippen LogP contribution is 2.27. The molecule has 0 unspecified atom stereocenters. The Labute approximate surface area is 154 Å². The summed E-state index contributed by atoms with van der Waals surface area (Å²) in [5, 5.41) is 0.349. The van der Waals surface area contributed by atoms with Crippen molar-refractivity contribution < 1.29 is 9.53 Å². The van der Waals surface area contributed by atoms with Crippen molar-refractivity contribution in [3.63, 3.8) is 0 Å². The molecule has 0 saturated carbocycles. The summed E-state index contributed by atoms with van der Waals surface area (Å²) in [7, 11) is 1.94.